The highest BCUT2D eigenvalue weighted by molar-refractivity contribution is 5.64. The van der Waals surface area contributed by atoms with E-state index in [4.69, 9.17) is 0 Å². The Balaban J connectivity index is 1.55. The summed E-state index contributed by atoms with van der Waals surface area (Å²) in [5, 5.41) is 0. The summed E-state index contributed by atoms with van der Waals surface area (Å²) in [4.78, 5) is 0. The number of hydrogen-bond acceptors (Lipinski definition) is 0. The lowest BCUT2D eigenvalue weighted by atomic mass is 9.82. The lowest BCUT2D eigenvalue weighted by Crippen LogP contribution is -2.11. The second-order valence-electron chi connectivity index (χ2n) is 7.18. The molecule has 1 fully saturated rings. The van der Waals surface area contributed by atoms with Gasteiger partial charge in [0.25, 0.3) is 0 Å². The number of benzene rings is 2. The van der Waals surface area contributed by atoms with Gasteiger partial charge in [0, 0.05) is 11.5 Å². The smallest absolute Gasteiger partial charge is 0.123 e. The van der Waals surface area contributed by atoms with E-state index in [2.05, 4.69) is 55.2 Å². The summed E-state index contributed by atoms with van der Waals surface area (Å²) in [6.45, 7) is 2.23. The van der Waals surface area contributed by atoms with Gasteiger partial charge in [-0.2, -0.15) is 0 Å². The molecule has 0 spiro atoms. The van der Waals surface area contributed by atoms with Gasteiger partial charge >= 0.3 is 0 Å². The van der Waals surface area contributed by atoms with Gasteiger partial charge < -0.3 is 0 Å². The van der Waals surface area contributed by atoms with Gasteiger partial charge in [0.15, 0.2) is 0 Å². The van der Waals surface area contributed by atoms with E-state index in [1.807, 2.05) is 12.1 Å². The van der Waals surface area contributed by atoms with Gasteiger partial charge in [0.05, 0.1) is 0 Å². The van der Waals surface area contributed by atoms with Crippen molar-refractivity contribution in [3.63, 3.8) is 0 Å². The molecule has 0 amide bonds. The third-order valence-corrected chi connectivity index (χ3v) is 5.12. The highest BCUT2D eigenvalue weighted by Gasteiger charge is 2.17. The maximum atomic E-state index is 13.0. The van der Waals surface area contributed by atoms with Crippen molar-refractivity contribution >= 4 is 0 Å². The van der Waals surface area contributed by atoms with Crippen LogP contribution in [0.1, 0.15) is 51.0 Å². The fourth-order valence-electron chi connectivity index (χ4n) is 3.49. The first-order chi connectivity index (χ1) is 12.7. The minimum Gasteiger partial charge on any atom is -0.207 e. The number of unbranched alkanes of at least 4 members (excludes halogenated alkanes) is 1. The fourth-order valence-corrected chi connectivity index (χ4v) is 3.49. The molecule has 0 N–H and O–H groups in total. The quantitative estimate of drug-likeness (QED) is 0.413. The summed E-state index contributed by atoms with van der Waals surface area (Å²) in [5.74, 6) is 7.90. The Morgan fingerprint density at radius 3 is 2.15 bits per heavy atom. The number of rotatable bonds is 4. The predicted octanol–water partition coefficient (Wildman–Crippen LogP) is 7.01. The van der Waals surface area contributed by atoms with E-state index in [9.17, 15) is 4.39 Å². The first-order valence-electron chi connectivity index (χ1n) is 9.79. The van der Waals surface area contributed by atoms with E-state index in [-0.39, 0.29) is 5.82 Å². The normalized spacial score (nSPS) is 19.9. The van der Waals surface area contributed by atoms with Crippen LogP contribution in [0, 0.1) is 29.5 Å². The predicted molar refractivity (Wildman–Crippen MR) is 108 cm³/mol. The Labute approximate surface area is 157 Å². The molecule has 2 aromatic carbocycles. The van der Waals surface area contributed by atoms with Gasteiger partial charge in [-0.05, 0) is 73.4 Å². The van der Waals surface area contributed by atoms with E-state index < -0.39 is 0 Å². The van der Waals surface area contributed by atoms with Gasteiger partial charge in [0.1, 0.15) is 5.82 Å². The van der Waals surface area contributed by atoms with Crippen LogP contribution in [-0.4, -0.2) is 0 Å². The number of halogens is 1. The molecule has 1 saturated carbocycles. The molecule has 0 heterocycles. The summed E-state index contributed by atoms with van der Waals surface area (Å²) in [6, 6.07) is 14.9. The summed E-state index contributed by atoms with van der Waals surface area (Å²) in [7, 11) is 0. The highest BCUT2D eigenvalue weighted by atomic mass is 19.1. The molecule has 3 rings (SSSR count). The summed E-state index contributed by atoms with van der Waals surface area (Å²) in [5.41, 5.74) is 3.18. The van der Waals surface area contributed by atoms with E-state index in [0.717, 1.165) is 22.6 Å². The molecule has 26 heavy (non-hydrogen) atoms. The lowest BCUT2D eigenvalue weighted by molar-refractivity contribution is 0.364. The van der Waals surface area contributed by atoms with Crippen molar-refractivity contribution in [2.75, 3.05) is 0 Å². The van der Waals surface area contributed by atoms with Crippen molar-refractivity contribution in [3.05, 3.63) is 72.1 Å². The molecule has 0 aromatic heterocycles. The first-order valence-corrected chi connectivity index (χ1v) is 9.79. The maximum absolute atomic E-state index is 13.0. The molecule has 0 atom stereocenters. The molecule has 134 valence electrons. The van der Waals surface area contributed by atoms with Crippen molar-refractivity contribution < 1.29 is 4.39 Å². The Hall–Kier alpha value is -2.33. The summed E-state index contributed by atoms with van der Waals surface area (Å²) >= 11 is 0. The molecule has 0 bridgehead atoms. The third kappa shape index (κ3) is 5.33. The van der Waals surface area contributed by atoms with Crippen molar-refractivity contribution in [3.8, 4) is 23.0 Å². The first kappa shape index (κ1) is 18.5. The minimum atomic E-state index is -0.202. The van der Waals surface area contributed by atoms with Crippen LogP contribution in [-0.2, 0) is 0 Å². The fraction of sp³-hybridized carbons (Fsp3) is 0.360. The molecular weight excluding hydrogens is 319 g/mol. The summed E-state index contributed by atoms with van der Waals surface area (Å²) in [6.07, 6.45) is 12.2. The Morgan fingerprint density at radius 2 is 1.54 bits per heavy atom. The molecule has 1 heteroatoms. The van der Waals surface area contributed by atoms with E-state index in [1.54, 1.807) is 0 Å². The molecular formula is C25H27F. The Morgan fingerprint density at radius 1 is 0.923 bits per heavy atom. The van der Waals surface area contributed by atoms with Crippen molar-refractivity contribution in [1.29, 1.82) is 0 Å². The minimum absolute atomic E-state index is 0.202. The molecule has 1 aliphatic rings. The molecule has 0 nitrogen and oxygen atoms in total. The molecule has 0 unspecified atom stereocenters. The maximum Gasteiger partial charge on any atom is 0.123 e. The van der Waals surface area contributed by atoms with E-state index in [1.165, 1.54) is 50.7 Å². The van der Waals surface area contributed by atoms with Crippen LogP contribution < -0.4 is 0 Å². The molecule has 0 radical (unpaired) electrons. The van der Waals surface area contributed by atoms with Crippen LogP contribution in [0.4, 0.5) is 4.39 Å². The topological polar surface area (TPSA) is 0 Å². The Bertz CT molecular complexity index is 764. The summed E-state index contributed by atoms with van der Waals surface area (Å²) < 4.78 is 13.0. The molecule has 1 aliphatic carbocycles. The average Bonchev–Trinajstić information content (AvgIpc) is 2.69. The molecule has 0 aliphatic heterocycles. The monoisotopic (exact) mass is 346 g/mol. The lowest BCUT2D eigenvalue weighted by Gasteiger charge is -2.23. The van der Waals surface area contributed by atoms with Gasteiger partial charge in [-0.25, -0.2) is 4.39 Å². The van der Waals surface area contributed by atoms with Gasteiger partial charge in [-0.3, -0.25) is 0 Å². The van der Waals surface area contributed by atoms with Crippen LogP contribution in [0.2, 0.25) is 0 Å². The van der Waals surface area contributed by atoms with E-state index >= 15 is 0 Å². The largest absolute Gasteiger partial charge is 0.207 e. The van der Waals surface area contributed by atoms with Gasteiger partial charge in [-0.15, -0.1) is 0 Å². The molecule has 2 aromatic rings. The van der Waals surface area contributed by atoms with Gasteiger partial charge in [0.2, 0.25) is 0 Å². The molecule has 0 saturated heterocycles. The second kappa shape index (κ2) is 9.39. The van der Waals surface area contributed by atoms with Crippen molar-refractivity contribution in [2.45, 2.75) is 45.4 Å². The number of hydrogen-bond donors (Lipinski definition) is 0. The SMILES string of the molecule is CCC/C=C/C1CCC(C#Cc2ccc(-c3ccc(F)cc3)cc2)CC1. The van der Waals surface area contributed by atoms with Crippen LogP contribution in [0.5, 0.6) is 0 Å². The zero-order chi connectivity index (χ0) is 18.2. The standard InChI is InChI=1S/C25H27F/c1-2-3-4-5-20-6-8-21(9-7-20)10-11-22-12-14-23(15-13-22)24-16-18-25(26)19-17-24/h4-5,12-21H,2-3,6-9H2,1H3/b5-4+. The average molecular weight is 346 g/mol. The third-order valence-electron chi connectivity index (χ3n) is 5.12. The van der Waals surface area contributed by atoms with Crippen molar-refractivity contribution in [2.24, 2.45) is 11.8 Å². The van der Waals surface area contributed by atoms with Crippen LogP contribution in [0.15, 0.2) is 60.7 Å². The number of allylic oxidation sites excluding steroid dienone is 2. The highest BCUT2D eigenvalue weighted by Crippen LogP contribution is 2.29. The zero-order valence-electron chi connectivity index (χ0n) is 15.5. The van der Waals surface area contributed by atoms with Crippen LogP contribution in [0.25, 0.3) is 11.1 Å². The zero-order valence-corrected chi connectivity index (χ0v) is 15.5. The second-order valence-corrected chi connectivity index (χ2v) is 7.18. The van der Waals surface area contributed by atoms with Gasteiger partial charge in [-0.1, -0.05) is 61.6 Å². The Kier molecular flexibility index (Phi) is 6.67. The van der Waals surface area contributed by atoms with Crippen LogP contribution in [0.3, 0.4) is 0 Å². The van der Waals surface area contributed by atoms with Crippen molar-refractivity contribution in [1.82, 2.24) is 0 Å². The van der Waals surface area contributed by atoms with Crippen LogP contribution >= 0.6 is 0 Å². The van der Waals surface area contributed by atoms with E-state index in [0.29, 0.717) is 5.92 Å².